The number of hydrogen-bond acceptors (Lipinski definition) is 7. The predicted molar refractivity (Wildman–Crippen MR) is 145 cm³/mol. The standard InChI is InChI=1S/C26H20N10.BF4/c1-5-13-21(14-6-1)33-25(29-35(31-33)23-17-9-3-10-18-23)27-28-26-30-36(24-19-11-4-12-20-24)32-34(26)22-15-7-2-8-16-22;2-1(3,4)5/h1-20H;/q+1;-1/b28-27+;. The number of guanidine groups is 1. The van der Waals surface area contributed by atoms with Gasteiger partial charge in [-0.2, -0.15) is 10.1 Å². The summed E-state index contributed by atoms with van der Waals surface area (Å²) in [6.45, 7) is 0. The van der Waals surface area contributed by atoms with Crippen LogP contribution >= 0.6 is 0 Å². The van der Waals surface area contributed by atoms with Crippen LogP contribution in [0.1, 0.15) is 0 Å². The maximum Gasteiger partial charge on any atom is 0.673 e. The largest absolute Gasteiger partial charge is 0.673 e. The Morgan fingerprint density at radius 1 is 0.610 bits per heavy atom. The Morgan fingerprint density at radius 2 is 1.10 bits per heavy atom. The van der Waals surface area contributed by atoms with Gasteiger partial charge in [0.2, 0.25) is 0 Å². The Morgan fingerprint density at radius 3 is 1.66 bits per heavy atom. The van der Waals surface area contributed by atoms with Crippen LogP contribution in [0.3, 0.4) is 0 Å². The molecule has 1 aliphatic rings. The van der Waals surface area contributed by atoms with Crippen LogP contribution in [0, 0.1) is 0 Å². The number of benzene rings is 4. The lowest BCUT2D eigenvalue weighted by atomic mass is 10.3. The zero-order valence-electron chi connectivity index (χ0n) is 21.1. The molecular formula is C26H20BF4N10. The van der Waals surface area contributed by atoms with Gasteiger partial charge in [0.25, 0.3) is 5.96 Å². The molecule has 0 amide bonds. The molecule has 0 fully saturated rings. The summed E-state index contributed by atoms with van der Waals surface area (Å²) in [5, 5.41) is 25.8. The van der Waals surface area contributed by atoms with Gasteiger partial charge in [-0.25, -0.2) is 0 Å². The normalized spacial score (nSPS) is 13.2. The number of tetrazole rings is 1. The Labute approximate surface area is 231 Å². The first-order chi connectivity index (χ1) is 19.8. The van der Waals surface area contributed by atoms with E-state index in [2.05, 4.69) is 31.2 Å². The van der Waals surface area contributed by atoms with Crippen LogP contribution in [-0.2, 0) is 0 Å². The molecule has 0 saturated carbocycles. The van der Waals surface area contributed by atoms with Gasteiger partial charge >= 0.3 is 13.2 Å². The molecule has 0 aliphatic carbocycles. The zero-order valence-corrected chi connectivity index (χ0v) is 21.1. The Kier molecular flexibility index (Phi) is 8.06. The molecule has 0 saturated heterocycles. The molecule has 4 aromatic carbocycles. The van der Waals surface area contributed by atoms with E-state index in [4.69, 9.17) is 0 Å². The summed E-state index contributed by atoms with van der Waals surface area (Å²) in [5.41, 5.74) is 7.83. The van der Waals surface area contributed by atoms with Gasteiger partial charge in [0.15, 0.2) is 0 Å². The van der Waals surface area contributed by atoms with Gasteiger partial charge in [-0.1, -0.05) is 77.5 Å². The number of hydrazone groups is 1. The van der Waals surface area contributed by atoms with E-state index in [9.17, 15) is 17.3 Å². The third-order valence-electron chi connectivity index (χ3n) is 5.30. The van der Waals surface area contributed by atoms with E-state index >= 15 is 0 Å². The van der Waals surface area contributed by atoms with Gasteiger partial charge in [0.05, 0.1) is 16.5 Å². The van der Waals surface area contributed by atoms with Crippen molar-refractivity contribution in [3.05, 3.63) is 121 Å². The second kappa shape index (κ2) is 12.2. The summed E-state index contributed by atoms with van der Waals surface area (Å²) < 4.78 is 40.6. The van der Waals surface area contributed by atoms with Gasteiger partial charge in [-0.3, -0.25) is 0 Å². The molecule has 0 N–H and O–H groups in total. The number of halogens is 4. The number of para-hydroxylation sites is 4. The molecule has 2 heterocycles. The summed E-state index contributed by atoms with van der Waals surface area (Å²) in [6.07, 6.45) is 0. The van der Waals surface area contributed by atoms with Gasteiger partial charge in [0, 0.05) is 15.9 Å². The highest BCUT2D eigenvalue weighted by molar-refractivity contribution is 6.50. The van der Waals surface area contributed by atoms with Crippen molar-refractivity contribution < 1.29 is 21.9 Å². The molecule has 1 aromatic heterocycles. The molecule has 0 unspecified atom stereocenters. The number of azo groups is 1. The molecule has 15 heteroatoms. The fraction of sp³-hybridized carbons (Fsp3) is 0. The lowest BCUT2D eigenvalue weighted by Crippen LogP contribution is -2.36. The number of nitrogens with zero attached hydrogens (tertiary/aromatic N) is 10. The molecular weight excluding hydrogens is 539 g/mol. The van der Waals surface area contributed by atoms with Gasteiger partial charge in [-0.05, 0) is 58.4 Å². The molecule has 6 rings (SSSR count). The van der Waals surface area contributed by atoms with E-state index in [0.29, 0.717) is 11.9 Å². The van der Waals surface area contributed by atoms with E-state index in [0.717, 1.165) is 22.7 Å². The van der Waals surface area contributed by atoms with Crippen molar-refractivity contribution in [3.8, 4) is 11.4 Å². The highest BCUT2D eigenvalue weighted by Crippen LogP contribution is 2.23. The molecule has 5 aromatic rings. The highest BCUT2D eigenvalue weighted by atomic mass is 19.5. The number of rotatable bonds is 5. The van der Waals surface area contributed by atoms with E-state index < -0.39 is 7.25 Å². The van der Waals surface area contributed by atoms with E-state index in [1.807, 2.05) is 121 Å². The number of aromatic nitrogens is 4. The van der Waals surface area contributed by atoms with Gasteiger partial charge in [0.1, 0.15) is 11.4 Å². The van der Waals surface area contributed by atoms with E-state index in [1.165, 1.54) is 9.91 Å². The van der Waals surface area contributed by atoms with Crippen molar-refractivity contribution in [2.75, 3.05) is 10.1 Å². The maximum absolute atomic E-state index is 9.75. The average molecular weight is 559 g/mol. The molecule has 0 bridgehead atoms. The van der Waals surface area contributed by atoms with Crippen LogP contribution in [0.25, 0.3) is 11.4 Å². The van der Waals surface area contributed by atoms with Crippen molar-refractivity contribution in [2.45, 2.75) is 0 Å². The minimum atomic E-state index is -6.00. The molecule has 1 radical (unpaired) electrons. The lowest BCUT2D eigenvalue weighted by Gasteiger charge is -2.16. The third-order valence-corrected chi connectivity index (χ3v) is 5.30. The van der Waals surface area contributed by atoms with Crippen molar-refractivity contribution in [1.82, 2.24) is 20.6 Å². The third kappa shape index (κ3) is 7.16. The molecule has 10 nitrogen and oxygen atoms in total. The molecule has 0 spiro atoms. The minimum absolute atomic E-state index is 0.291. The first-order valence-corrected chi connectivity index (χ1v) is 12.2. The average Bonchev–Trinajstić information content (AvgIpc) is 3.62. The smallest absolute Gasteiger partial charge is 0.418 e. The summed E-state index contributed by atoms with van der Waals surface area (Å²) in [6, 6.07) is 38.6. The number of anilines is 2. The SMILES string of the molecule is F[B-](F)(F)F.c1ccc(N2[N]N(c3ccccc3)C(/N=N/c3nn(-c4ccccc4)n[n+]3-c3ccccc3)=N2)cc1. The molecule has 1 aliphatic heterocycles. The Balaban J connectivity index is 0.000000623. The summed E-state index contributed by atoms with van der Waals surface area (Å²) >= 11 is 0. The monoisotopic (exact) mass is 559 g/mol. The van der Waals surface area contributed by atoms with E-state index in [1.54, 1.807) is 9.69 Å². The Hall–Kier alpha value is -5.44. The summed E-state index contributed by atoms with van der Waals surface area (Å²) in [4.78, 5) is 1.52. The van der Waals surface area contributed by atoms with Crippen LogP contribution in [0.4, 0.5) is 34.6 Å². The topological polar surface area (TPSA) is 92.2 Å². The second-order valence-corrected chi connectivity index (χ2v) is 8.22. The quantitative estimate of drug-likeness (QED) is 0.120. The first-order valence-electron chi connectivity index (χ1n) is 12.2. The van der Waals surface area contributed by atoms with Crippen LogP contribution in [-0.4, -0.2) is 28.3 Å². The summed E-state index contributed by atoms with van der Waals surface area (Å²) in [7, 11) is -6.00. The second-order valence-electron chi connectivity index (χ2n) is 8.22. The summed E-state index contributed by atoms with van der Waals surface area (Å²) in [5.74, 6) is 0.581. The fourth-order valence-corrected chi connectivity index (χ4v) is 3.57. The molecule has 41 heavy (non-hydrogen) atoms. The van der Waals surface area contributed by atoms with Gasteiger partial charge in [-0.15, -0.1) is 5.10 Å². The van der Waals surface area contributed by atoms with Gasteiger partial charge < -0.3 is 17.3 Å². The molecule has 0 atom stereocenters. The predicted octanol–water partition coefficient (Wildman–Crippen LogP) is 5.66. The highest BCUT2D eigenvalue weighted by Gasteiger charge is 2.29. The van der Waals surface area contributed by atoms with Crippen molar-refractivity contribution >= 4 is 30.5 Å². The van der Waals surface area contributed by atoms with Crippen LogP contribution in [0.5, 0.6) is 0 Å². The van der Waals surface area contributed by atoms with Crippen LogP contribution < -0.4 is 20.3 Å². The van der Waals surface area contributed by atoms with Crippen molar-refractivity contribution in [1.29, 1.82) is 0 Å². The van der Waals surface area contributed by atoms with Crippen LogP contribution in [0.15, 0.2) is 137 Å². The van der Waals surface area contributed by atoms with Crippen molar-refractivity contribution in [2.24, 2.45) is 15.3 Å². The maximum atomic E-state index is 9.75. The van der Waals surface area contributed by atoms with E-state index in [-0.39, 0.29) is 0 Å². The lowest BCUT2D eigenvalue weighted by molar-refractivity contribution is -0.649. The number of hydrogen-bond donors (Lipinski definition) is 0. The minimum Gasteiger partial charge on any atom is -0.418 e. The zero-order chi connectivity index (χ0) is 28.7. The van der Waals surface area contributed by atoms with Crippen molar-refractivity contribution in [3.63, 3.8) is 0 Å². The van der Waals surface area contributed by atoms with Crippen LogP contribution in [0.2, 0.25) is 0 Å². The first kappa shape index (κ1) is 27.1. The Bertz CT molecular complexity index is 1610. The fourth-order valence-electron chi connectivity index (χ4n) is 3.57. The molecule has 205 valence electrons.